The number of anilines is 2. The minimum atomic E-state index is -2.62. The van der Waals surface area contributed by atoms with Gasteiger partial charge in [-0.15, -0.1) is 0 Å². The maximum absolute atomic E-state index is 13.0. The van der Waals surface area contributed by atoms with Crippen LogP contribution in [0.1, 0.15) is 31.2 Å². The van der Waals surface area contributed by atoms with Crippen LogP contribution in [0.25, 0.3) is 0 Å². The van der Waals surface area contributed by atoms with E-state index in [0.29, 0.717) is 11.5 Å². The average Bonchev–Trinajstić information content (AvgIpc) is 2.32. The van der Waals surface area contributed by atoms with Gasteiger partial charge in [0.2, 0.25) is 11.8 Å². The predicted octanol–water partition coefficient (Wildman–Crippen LogP) is 2.74. The van der Waals surface area contributed by atoms with E-state index < -0.39 is 5.92 Å². The van der Waals surface area contributed by atoms with Crippen molar-refractivity contribution < 1.29 is 13.6 Å². The molecule has 0 saturated heterocycles. The maximum Gasteiger partial charge on any atom is 0.248 e. The summed E-state index contributed by atoms with van der Waals surface area (Å²) < 4.78 is 26.0. The number of alkyl halides is 2. The van der Waals surface area contributed by atoms with E-state index in [1.54, 1.807) is 13.0 Å². The Hall–Kier alpha value is -1.72. The smallest absolute Gasteiger partial charge is 0.248 e. The molecule has 1 heterocycles. The molecule has 2 rings (SSSR count). The summed E-state index contributed by atoms with van der Waals surface area (Å²) >= 11 is 0. The Morgan fingerprint density at radius 2 is 2.11 bits per heavy atom. The number of rotatable bonds is 2. The van der Waals surface area contributed by atoms with E-state index in [9.17, 15) is 13.6 Å². The number of hydrogen-bond donors (Lipinski definition) is 2. The first kappa shape index (κ1) is 13.7. The molecule has 6 heteroatoms. The van der Waals surface area contributed by atoms with Crippen molar-refractivity contribution in [1.29, 1.82) is 0 Å². The first-order valence-corrected chi connectivity index (χ1v) is 6.28. The van der Waals surface area contributed by atoms with E-state index in [2.05, 4.69) is 10.3 Å². The molecule has 1 aromatic heterocycles. The quantitative estimate of drug-likeness (QED) is 0.867. The van der Waals surface area contributed by atoms with Gasteiger partial charge in [0.05, 0.1) is 11.9 Å². The summed E-state index contributed by atoms with van der Waals surface area (Å²) in [7, 11) is 0. The van der Waals surface area contributed by atoms with Crippen molar-refractivity contribution >= 4 is 17.4 Å². The summed E-state index contributed by atoms with van der Waals surface area (Å²) in [6.45, 7) is 1.79. The Balaban J connectivity index is 1.98. The van der Waals surface area contributed by atoms with E-state index in [1.165, 1.54) is 6.20 Å². The number of nitrogens with one attached hydrogen (secondary N) is 1. The van der Waals surface area contributed by atoms with Gasteiger partial charge in [-0.1, -0.05) is 0 Å². The van der Waals surface area contributed by atoms with Gasteiger partial charge in [-0.3, -0.25) is 4.79 Å². The average molecular weight is 269 g/mol. The summed E-state index contributed by atoms with van der Waals surface area (Å²) in [5, 5.41) is 2.68. The monoisotopic (exact) mass is 269 g/mol. The van der Waals surface area contributed by atoms with Crippen LogP contribution in [0.2, 0.25) is 0 Å². The molecule has 0 atom stereocenters. The van der Waals surface area contributed by atoms with Crippen LogP contribution >= 0.6 is 0 Å². The van der Waals surface area contributed by atoms with E-state index >= 15 is 0 Å². The second-order valence-electron chi connectivity index (χ2n) is 5.05. The predicted molar refractivity (Wildman–Crippen MR) is 68.9 cm³/mol. The fourth-order valence-electron chi connectivity index (χ4n) is 2.25. The van der Waals surface area contributed by atoms with Crippen LogP contribution in [0, 0.1) is 12.8 Å². The van der Waals surface area contributed by atoms with Gasteiger partial charge in [0.25, 0.3) is 0 Å². The van der Waals surface area contributed by atoms with Crippen molar-refractivity contribution in [3.8, 4) is 0 Å². The van der Waals surface area contributed by atoms with E-state index in [0.717, 1.165) is 5.56 Å². The highest BCUT2D eigenvalue weighted by Gasteiger charge is 2.37. The molecule has 1 aliphatic rings. The van der Waals surface area contributed by atoms with Crippen LogP contribution in [0.15, 0.2) is 12.3 Å². The zero-order valence-electron chi connectivity index (χ0n) is 10.7. The molecular formula is C13H17F2N3O. The Bertz CT molecular complexity index is 481. The lowest BCUT2D eigenvalue weighted by atomic mass is 9.86. The van der Waals surface area contributed by atoms with Crippen LogP contribution in [0.3, 0.4) is 0 Å². The van der Waals surface area contributed by atoms with Gasteiger partial charge in [-0.25, -0.2) is 13.8 Å². The Labute approximate surface area is 110 Å². The van der Waals surface area contributed by atoms with E-state index in [4.69, 9.17) is 5.73 Å². The normalized spacial score (nSPS) is 19.1. The lowest BCUT2D eigenvalue weighted by Crippen LogP contribution is -2.32. The van der Waals surface area contributed by atoms with Crippen molar-refractivity contribution in [2.24, 2.45) is 5.92 Å². The molecule has 0 aliphatic heterocycles. The van der Waals surface area contributed by atoms with Crippen LogP contribution in [0.4, 0.5) is 20.3 Å². The first-order valence-electron chi connectivity index (χ1n) is 6.28. The van der Waals surface area contributed by atoms with E-state index in [1.807, 2.05) is 0 Å². The zero-order valence-corrected chi connectivity index (χ0v) is 10.7. The molecule has 1 aromatic rings. The topological polar surface area (TPSA) is 68.0 Å². The molecule has 0 unspecified atom stereocenters. The Morgan fingerprint density at radius 1 is 1.47 bits per heavy atom. The molecule has 3 N–H and O–H groups in total. The summed E-state index contributed by atoms with van der Waals surface area (Å²) in [6, 6.07) is 1.71. The first-order chi connectivity index (χ1) is 8.87. The van der Waals surface area contributed by atoms with Crippen LogP contribution in [-0.4, -0.2) is 16.8 Å². The Morgan fingerprint density at radius 3 is 2.68 bits per heavy atom. The molecule has 1 aliphatic carbocycles. The second-order valence-corrected chi connectivity index (χ2v) is 5.05. The number of halogens is 2. The third-order valence-corrected chi connectivity index (χ3v) is 3.43. The largest absolute Gasteiger partial charge is 0.397 e. The third-order valence-electron chi connectivity index (χ3n) is 3.43. The Kier molecular flexibility index (Phi) is 3.68. The van der Waals surface area contributed by atoms with Gasteiger partial charge >= 0.3 is 0 Å². The highest BCUT2D eigenvalue weighted by molar-refractivity contribution is 5.92. The van der Waals surface area contributed by atoms with Crippen molar-refractivity contribution in [3.05, 3.63) is 17.8 Å². The summed E-state index contributed by atoms with van der Waals surface area (Å²) in [6.07, 6.45) is 1.44. The number of carbonyl (C=O) groups is 1. The van der Waals surface area contributed by atoms with Crippen molar-refractivity contribution in [2.45, 2.75) is 38.5 Å². The number of hydrogen-bond acceptors (Lipinski definition) is 3. The fourth-order valence-corrected chi connectivity index (χ4v) is 2.25. The molecule has 1 saturated carbocycles. The number of nitrogens with two attached hydrogens (primary N) is 1. The van der Waals surface area contributed by atoms with E-state index in [-0.39, 0.29) is 37.5 Å². The lowest BCUT2D eigenvalue weighted by Gasteiger charge is -2.27. The second kappa shape index (κ2) is 5.11. The lowest BCUT2D eigenvalue weighted by molar-refractivity contribution is -0.124. The van der Waals surface area contributed by atoms with Crippen LogP contribution in [-0.2, 0) is 4.79 Å². The molecule has 4 nitrogen and oxygen atoms in total. The minimum Gasteiger partial charge on any atom is -0.397 e. The molecule has 0 bridgehead atoms. The standard InChI is InChI=1S/C13H17F2N3O/c1-8-6-10(16)7-17-11(8)18-12(19)9-2-4-13(14,15)5-3-9/h6-7,9H,2-5,16H2,1H3,(H,17,18,19). The SMILES string of the molecule is Cc1cc(N)cnc1NC(=O)C1CCC(F)(F)CC1. The maximum atomic E-state index is 13.0. The van der Waals surface area contributed by atoms with Crippen molar-refractivity contribution in [2.75, 3.05) is 11.1 Å². The molecule has 19 heavy (non-hydrogen) atoms. The fraction of sp³-hybridized carbons (Fsp3) is 0.538. The van der Waals surface area contributed by atoms with Crippen molar-refractivity contribution in [1.82, 2.24) is 4.98 Å². The summed E-state index contributed by atoms with van der Waals surface area (Å²) in [5.41, 5.74) is 6.85. The number of amides is 1. The number of aromatic nitrogens is 1. The highest BCUT2D eigenvalue weighted by Crippen LogP contribution is 2.36. The highest BCUT2D eigenvalue weighted by atomic mass is 19.3. The third kappa shape index (κ3) is 3.39. The number of nitrogen functional groups attached to an aromatic ring is 1. The molecule has 0 radical (unpaired) electrons. The number of aryl methyl sites for hydroxylation is 1. The van der Waals surface area contributed by atoms with Crippen LogP contribution in [0.5, 0.6) is 0 Å². The molecule has 1 fully saturated rings. The number of nitrogens with zero attached hydrogens (tertiary/aromatic N) is 1. The van der Waals surface area contributed by atoms with Gasteiger partial charge in [0.1, 0.15) is 5.82 Å². The van der Waals surface area contributed by atoms with Gasteiger partial charge in [0, 0.05) is 18.8 Å². The number of carbonyl (C=O) groups excluding carboxylic acids is 1. The molecular weight excluding hydrogens is 252 g/mol. The minimum absolute atomic E-state index is 0.215. The van der Waals surface area contributed by atoms with Gasteiger partial charge in [-0.2, -0.15) is 0 Å². The molecule has 0 spiro atoms. The molecule has 1 amide bonds. The van der Waals surface area contributed by atoms with Crippen molar-refractivity contribution in [3.63, 3.8) is 0 Å². The summed E-state index contributed by atoms with van der Waals surface area (Å²) in [5.74, 6) is -2.78. The zero-order chi connectivity index (χ0) is 14.0. The molecule has 104 valence electrons. The van der Waals surface area contributed by atoms with Gasteiger partial charge in [-0.05, 0) is 31.4 Å². The van der Waals surface area contributed by atoms with Gasteiger partial charge < -0.3 is 11.1 Å². The molecule has 0 aromatic carbocycles. The summed E-state index contributed by atoms with van der Waals surface area (Å²) in [4.78, 5) is 16.0. The van der Waals surface area contributed by atoms with Crippen LogP contribution < -0.4 is 11.1 Å². The van der Waals surface area contributed by atoms with Gasteiger partial charge in [0.15, 0.2) is 0 Å². The number of pyridine rings is 1.